The van der Waals surface area contributed by atoms with Gasteiger partial charge in [0.25, 0.3) is 0 Å². The van der Waals surface area contributed by atoms with E-state index < -0.39 is 0 Å². The van der Waals surface area contributed by atoms with Crippen LogP contribution >= 0.6 is 11.6 Å². The Kier molecular flexibility index (Phi) is 2.55. The Morgan fingerprint density at radius 2 is 2.21 bits per heavy atom. The molecule has 0 saturated heterocycles. The van der Waals surface area contributed by atoms with Gasteiger partial charge in [0.1, 0.15) is 0 Å². The summed E-state index contributed by atoms with van der Waals surface area (Å²) in [6.07, 6.45) is 1.74. The van der Waals surface area contributed by atoms with E-state index in [4.69, 9.17) is 16.3 Å². The number of aromatic nitrogens is 1. The van der Waals surface area contributed by atoms with E-state index in [1.54, 1.807) is 13.3 Å². The fourth-order valence-electron chi connectivity index (χ4n) is 1.43. The Labute approximate surface area is 87.5 Å². The highest BCUT2D eigenvalue weighted by molar-refractivity contribution is 6.17. The summed E-state index contributed by atoms with van der Waals surface area (Å²) in [6, 6.07) is 8.00. The fourth-order valence-corrected chi connectivity index (χ4v) is 1.60. The van der Waals surface area contributed by atoms with E-state index in [1.165, 1.54) is 0 Å². The van der Waals surface area contributed by atoms with Crippen LogP contribution in [0.2, 0.25) is 0 Å². The quantitative estimate of drug-likeness (QED) is 0.707. The van der Waals surface area contributed by atoms with Crippen LogP contribution in [-0.2, 0) is 5.88 Å². The molecule has 1 aromatic carbocycles. The van der Waals surface area contributed by atoms with E-state index in [2.05, 4.69) is 4.98 Å². The van der Waals surface area contributed by atoms with Crippen LogP contribution in [0.25, 0.3) is 10.8 Å². The molecule has 2 aromatic rings. The maximum Gasteiger partial charge on any atom is 0.221 e. The summed E-state index contributed by atoms with van der Waals surface area (Å²) in [6.45, 7) is 0. The number of ether oxygens (including phenoxy) is 1. The van der Waals surface area contributed by atoms with Crippen LogP contribution in [0.5, 0.6) is 5.88 Å². The van der Waals surface area contributed by atoms with Gasteiger partial charge in [-0.1, -0.05) is 12.1 Å². The standard InChI is InChI=1S/C11H10ClNO/c1-14-11-10-6-8(7-12)2-3-9(10)4-5-13-11/h2-6H,7H2,1H3. The molecule has 1 aromatic heterocycles. The first-order chi connectivity index (χ1) is 6.85. The molecule has 0 atom stereocenters. The van der Waals surface area contributed by atoms with Crippen molar-refractivity contribution in [3.63, 3.8) is 0 Å². The predicted molar refractivity (Wildman–Crippen MR) is 57.9 cm³/mol. The maximum absolute atomic E-state index is 5.76. The van der Waals surface area contributed by atoms with E-state index in [9.17, 15) is 0 Å². The number of nitrogens with zero attached hydrogens (tertiary/aromatic N) is 1. The lowest BCUT2D eigenvalue weighted by Gasteiger charge is -2.04. The molecule has 0 radical (unpaired) electrons. The van der Waals surface area contributed by atoms with Crippen molar-refractivity contribution in [3.05, 3.63) is 36.0 Å². The minimum atomic E-state index is 0.508. The van der Waals surface area contributed by atoms with Crippen LogP contribution in [-0.4, -0.2) is 12.1 Å². The number of halogens is 1. The molecule has 1 heterocycles. The smallest absolute Gasteiger partial charge is 0.221 e. The molecular formula is C11H10ClNO. The number of hydrogen-bond donors (Lipinski definition) is 0. The van der Waals surface area contributed by atoms with Crippen molar-refractivity contribution in [3.8, 4) is 5.88 Å². The lowest BCUT2D eigenvalue weighted by molar-refractivity contribution is 0.403. The van der Waals surface area contributed by atoms with Gasteiger partial charge >= 0.3 is 0 Å². The topological polar surface area (TPSA) is 22.1 Å². The number of fused-ring (bicyclic) bond motifs is 1. The second kappa shape index (κ2) is 3.84. The van der Waals surface area contributed by atoms with Crippen LogP contribution in [0.15, 0.2) is 30.5 Å². The summed E-state index contributed by atoms with van der Waals surface area (Å²) in [5.74, 6) is 1.16. The molecule has 0 amide bonds. The highest BCUT2D eigenvalue weighted by Gasteiger charge is 2.02. The Bertz CT molecular complexity index is 456. The number of rotatable bonds is 2. The van der Waals surface area contributed by atoms with Gasteiger partial charge in [-0.3, -0.25) is 0 Å². The summed E-state index contributed by atoms with van der Waals surface area (Å²) in [5, 5.41) is 2.12. The zero-order valence-electron chi connectivity index (χ0n) is 7.83. The van der Waals surface area contributed by atoms with Crippen molar-refractivity contribution in [2.45, 2.75) is 5.88 Å². The molecule has 2 nitrogen and oxygen atoms in total. The molecule has 0 N–H and O–H groups in total. The molecule has 14 heavy (non-hydrogen) atoms. The minimum Gasteiger partial charge on any atom is -0.481 e. The minimum absolute atomic E-state index is 0.508. The maximum atomic E-state index is 5.76. The Morgan fingerprint density at radius 1 is 1.36 bits per heavy atom. The third-order valence-electron chi connectivity index (χ3n) is 2.14. The van der Waals surface area contributed by atoms with E-state index in [0.29, 0.717) is 11.8 Å². The van der Waals surface area contributed by atoms with Gasteiger partial charge in [0.05, 0.1) is 7.11 Å². The summed E-state index contributed by atoms with van der Waals surface area (Å²) in [7, 11) is 1.62. The fraction of sp³-hybridized carbons (Fsp3) is 0.182. The summed E-state index contributed by atoms with van der Waals surface area (Å²) >= 11 is 5.76. The molecular weight excluding hydrogens is 198 g/mol. The first-order valence-electron chi connectivity index (χ1n) is 4.33. The van der Waals surface area contributed by atoms with Crippen LogP contribution in [0.3, 0.4) is 0 Å². The van der Waals surface area contributed by atoms with Crippen LogP contribution in [0.4, 0.5) is 0 Å². The molecule has 3 heteroatoms. The largest absolute Gasteiger partial charge is 0.481 e. The molecule has 0 bridgehead atoms. The molecule has 0 aliphatic rings. The van der Waals surface area contributed by atoms with Gasteiger partial charge in [0, 0.05) is 17.5 Å². The third kappa shape index (κ3) is 1.53. The molecule has 0 saturated carbocycles. The predicted octanol–water partition coefficient (Wildman–Crippen LogP) is 2.98. The molecule has 0 aliphatic carbocycles. The lowest BCUT2D eigenvalue weighted by Crippen LogP contribution is -1.89. The van der Waals surface area contributed by atoms with Gasteiger partial charge in [-0.2, -0.15) is 0 Å². The van der Waals surface area contributed by atoms with E-state index >= 15 is 0 Å². The van der Waals surface area contributed by atoms with Gasteiger partial charge < -0.3 is 4.74 Å². The highest BCUT2D eigenvalue weighted by Crippen LogP contribution is 2.24. The molecule has 72 valence electrons. The van der Waals surface area contributed by atoms with Crippen molar-refractivity contribution in [1.29, 1.82) is 0 Å². The van der Waals surface area contributed by atoms with Crippen LogP contribution in [0, 0.1) is 0 Å². The second-order valence-corrected chi connectivity index (χ2v) is 3.28. The molecule has 0 unspecified atom stereocenters. The number of hydrogen-bond acceptors (Lipinski definition) is 2. The number of pyridine rings is 1. The first-order valence-corrected chi connectivity index (χ1v) is 4.86. The third-order valence-corrected chi connectivity index (χ3v) is 2.45. The number of benzene rings is 1. The SMILES string of the molecule is COc1nccc2ccc(CCl)cc12. The monoisotopic (exact) mass is 207 g/mol. The molecule has 0 aliphatic heterocycles. The van der Waals surface area contributed by atoms with E-state index in [1.807, 2.05) is 24.3 Å². The summed E-state index contributed by atoms with van der Waals surface area (Å²) in [5.41, 5.74) is 1.07. The van der Waals surface area contributed by atoms with E-state index in [-0.39, 0.29) is 0 Å². The van der Waals surface area contributed by atoms with Gasteiger partial charge in [0.2, 0.25) is 5.88 Å². The van der Waals surface area contributed by atoms with Crippen LogP contribution < -0.4 is 4.74 Å². The van der Waals surface area contributed by atoms with Crippen LogP contribution in [0.1, 0.15) is 5.56 Å². The molecule has 2 rings (SSSR count). The summed E-state index contributed by atoms with van der Waals surface area (Å²) in [4.78, 5) is 4.14. The van der Waals surface area contributed by atoms with Gasteiger partial charge in [-0.05, 0) is 23.1 Å². The zero-order chi connectivity index (χ0) is 9.97. The van der Waals surface area contributed by atoms with Crippen molar-refractivity contribution in [1.82, 2.24) is 4.98 Å². The van der Waals surface area contributed by atoms with Crippen molar-refractivity contribution < 1.29 is 4.74 Å². The van der Waals surface area contributed by atoms with Gasteiger partial charge in [-0.15, -0.1) is 11.6 Å². The average molecular weight is 208 g/mol. The average Bonchev–Trinajstić information content (AvgIpc) is 2.27. The Morgan fingerprint density at radius 3 is 2.93 bits per heavy atom. The zero-order valence-corrected chi connectivity index (χ0v) is 8.58. The second-order valence-electron chi connectivity index (χ2n) is 3.01. The van der Waals surface area contributed by atoms with Gasteiger partial charge in [0.15, 0.2) is 0 Å². The molecule has 0 fully saturated rings. The number of alkyl halides is 1. The van der Waals surface area contributed by atoms with E-state index in [0.717, 1.165) is 16.3 Å². The van der Waals surface area contributed by atoms with Crippen molar-refractivity contribution >= 4 is 22.4 Å². The van der Waals surface area contributed by atoms with Crippen molar-refractivity contribution in [2.75, 3.05) is 7.11 Å². The normalized spacial score (nSPS) is 10.4. The Hall–Kier alpha value is -1.28. The first kappa shape index (κ1) is 9.28. The molecule has 0 spiro atoms. The highest BCUT2D eigenvalue weighted by atomic mass is 35.5. The summed E-state index contributed by atoms with van der Waals surface area (Å²) < 4.78 is 5.17. The lowest BCUT2D eigenvalue weighted by atomic mass is 10.1. The Balaban J connectivity index is 2.70. The van der Waals surface area contributed by atoms with Crippen molar-refractivity contribution in [2.24, 2.45) is 0 Å². The number of methoxy groups -OCH3 is 1. The van der Waals surface area contributed by atoms with Gasteiger partial charge in [-0.25, -0.2) is 4.98 Å².